The third-order valence-electron chi connectivity index (χ3n) is 3.05. The van der Waals surface area contributed by atoms with Crippen LogP contribution in [0.5, 0.6) is 5.75 Å². The van der Waals surface area contributed by atoms with Crippen LogP contribution in [-0.2, 0) is 16.2 Å². The Hall–Kier alpha value is -2.60. The number of aliphatic carboxylic acids is 1. The zero-order valence-corrected chi connectivity index (χ0v) is 14.5. The van der Waals surface area contributed by atoms with Crippen molar-refractivity contribution in [3.63, 3.8) is 0 Å². The predicted molar refractivity (Wildman–Crippen MR) is 94.3 cm³/mol. The molecule has 0 fully saturated rings. The summed E-state index contributed by atoms with van der Waals surface area (Å²) in [4.78, 5) is 22.1. The van der Waals surface area contributed by atoms with E-state index in [0.29, 0.717) is 17.9 Å². The molecule has 0 unspecified atom stereocenters. The highest BCUT2D eigenvalue weighted by molar-refractivity contribution is 9.10. The van der Waals surface area contributed by atoms with Gasteiger partial charge in [-0.1, -0.05) is 40.2 Å². The van der Waals surface area contributed by atoms with Gasteiger partial charge in [0, 0.05) is 11.4 Å². The summed E-state index contributed by atoms with van der Waals surface area (Å²) in [5.74, 6) is -0.953. The van der Waals surface area contributed by atoms with Crippen LogP contribution in [0, 0.1) is 0 Å². The van der Waals surface area contributed by atoms with Crippen LogP contribution < -0.4 is 10.1 Å². The van der Waals surface area contributed by atoms with Gasteiger partial charge in [0.2, 0.25) is 5.91 Å². The number of nitrogens with one attached hydrogen (secondary N) is 1. The highest BCUT2D eigenvalue weighted by Crippen LogP contribution is 2.17. The molecule has 2 aromatic rings. The molecule has 0 aliphatic heterocycles. The average Bonchev–Trinajstić information content (AvgIpc) is 2.54. The van der Waals surface area contributed by atoms with Crippen LogP contribution in [0.3, 0.4) is 0 Å². The van der Waals surface area contributed by atoms with Crippen molar-refractivity contribution in [2.24, 2.45) is 0 Å². The number of hydrogen-bond acceptors (Lipinski definition) is 3. The van der Waals surface area contributed by atoms with Gasteiger partial charge in [-0.25, -0.2) is 4.79 Å². The number of carbonyl (C=O) groups excluding carboxylic acids is 1. The molecule has 0 aliphatic carbocycles. The van der Waals surface area contributed by atoms with Gasteiger partial charge in [0.05, 0.1) is 0 Å². The smallest absolute Gasteiger partial charge is 0.352 e. The zero-order chi connectivity index (χ0) is 17.5. The first-order valence-corrected chi connectivity index (χ1v) is 7.93. The van der Waals surface area contributed by atoms with E-state index in [1.165, 1.54) is 13.0 Å². The fraction of sp³-hybridized carbons (Fsp3) is 0.111. The summed E-state index contributed by atoms with van der Waals surface area (Å²) in [6.45, 7) is 1.70. The summed E-state index contributed by atoms with van der Waals surface area (Å²) in [6, 6.07) is 14.8. The Morgan fingerprint density at radius 1 is 1.12 bits per heavy atom. The van der Waals surface area contributed by atoms with E-state index in [4.69, 9.17) is 9.84 Å². The van der Waals surface area contributed by atoms with E-state index in [0.717, 1.165) is 10.0 Å². The van der Waals surface area contributed by atoms with Crippen LogP contribution in [0.2, 0.25) is 0 Å². The Kier molecular flexibility index (Phi) is 6.14. The largest absolute Gasteiger partial charge is 0.489 e. The van der Waals surface area contributed by atoms with E-state index < -0.39 is 11.9 Å². The lowest BCUT2D eigenvalue weighted by Crippen LogP contribution is -2.24. The highest BCUT2D eigenvalue weighted by atomic mass is 79.9. The maximum absolute atomic E-state index is 11.1. The molecule has 6 heteroatoms. The van der Waals surface area contributed by atoms with Crippen LogP contribution in [0.4, 0.5) is 0 Å². The molecular weight excluding hydrogens is 374 g/mol. The molecule has 2 aromatic carbocycles. The minimum absolute atomic E-state index is 0.175. The van der Waals surface area contributed by atoms with Crippen molar-refractivity contribution < 1.29 is 19.4 Å². The summed E-state index contributed by atoms with van der Waals surface area (Å²) in [5.41, 5.74) is 1.52. The van der Waals surface area contributed by atoms with Crippen LogP contribution >= 0.6 is 15.9 Å². The van der Waals surface area contributed by atoms with Gasteiger partial charge in [-0.3, -0.25) is 4.79 Å². The number of halogens is 1. The van der Waals surface area contributed by atoms with E-state index in [9.17, 15) is 9.59 Å². The van der Waals surface area contributed by atoms with Gasteiger partial charge in [0.15, 0.2) is 0 Å². The number of carboxylic acids is 1. The Labute approximate surface area is 148 Å². The molecule has 0 saturated carbocycles. The Morgan fingerprint density at radius 2 is 1.75 bits per heavy atom. The molecule has 0 saturated heterocycles. The number of hydrogen-bond donors (Lipinski definition) is 2. The summed E-state index contributed by atoms with van der Waals surface area (Å²) < 4.78 is 6.69. The maximum Gasteiger partial charge on any atom is 0.352 e. The zero-order valence-electron chi connectivity index (χ0n) is 13.0. The third-order valence-corrected chi connectivity index (χ3v) is 3.58. The van der Waals surface area contributed by atoms with E-state index in [1.807, 2.05) is 24.3 Å². The Morgan fingerprint density at radius 3 is 2.29 bits per heavy atom. The van der Waals surface area contributed by atoms with E-state index >= 15 is 0 Å². The Bertz CT molecular complexity index is 752. The molecule has 2 N–H and O–H groups in total. The standard InChI is InChI=1S/C18H16BrNO4/c1-12(21)20-17(18(22)23)10-13-4-8-16(9-5-13)24-11-14-2-6-15(19)7-3-14/h2-10H,11H2,1H3,(H,20,21)(H,22,23). The number of carboxylic acid groups (broad SMARTS) is 1. The van der Waals surface area contributed by atoms with Crippen molar-refractivity contribution in [1.29, 1.82) is 0 Å². The molecule has 1 amide bonds. The molecule has 0 spiro atoms. The van der Waals surface area contributed by atoms with Gasteiger partial charge in [0.25, 0.3) is 0 Å². The minimum atomic E-state index is -1.19. The van der Waals surface area contributed by atoms with Crippen LogP contribution in [0.15, 0.2) is 58.7 Å². The van der Waals surface area contributed by atoms with Gasteiger partial charge in [-0.15, -0.1) is 0 Å². The highest BCUT2D eigenvalue weighted by Gasteiger charge is 2.08. The van der Waals surface area contributed by atoms with Gasteiger partial charge in [-0.2, -0.15) is 0 Å². The first-order chi connectivity index (χ1) is 11.4. The van der Waals surface area contributed by atoms with Crippen molar-refractivity contribution in [1.82, 2.24) is 5.32 Å². The van der Waals surface area contributed by atoms with Crippen molar-refractivity contribution in [2.45, 2.75) is 13.5 Å². The van der Waals surface area contributed by atoms with Crippen molar-refractivity contribution in [2.75, 3.05) is 0 Å². The summed E-state index contributed by atoms with van der Waals surface area (Å²) >= 11 is 3.38. The molecule has 0 aromatic heterocycles. The number of ether oxygens (including phenoxy) is 1. The second-order valence-corrected chi connectivity index (χ2v) is 5.94. The maximum atomic E-state index is 11.1. The fourth-order valence-corrected chi connectivity index (χ4v) is 2.18. The summed E-state index contributed by atoms with van der Waals surface area (Å²) in [5, 5.41) is 11.3. The first-order valence-electron chi connectivity index (χ1n) is 7.14. The summed E-state index contributed by atoms with van der Waals surface area (Å²) in [7, 11) is 0. The lowest BCUT2D eigenvalue weighted by Gasteiger charge is -2.07. The summed E-state index contributed by atoms with van der Waals surface area (Å²) in [6.07, 6.45) is 1.39. The third kappa shape index (κ3) is 5.55. The second kappa shape index (κ2) is 8.31. The SMILES string of the molecule is CC(=O)NC(=Cc1ccc(OCc2ccc(Br)cc2)cc1)C(=O)O. The number of rotatable bonds is 6. The molecule has 2 rings (SSSR count). The molecule has 5 nitrogen and oxygen atoms in total. The van der Waals surface area contributed by atoms with Gasteiger partial charge in [-0.05, 0) is 41.5 Å². The number of benzene rings is 2. The lowest BCUT2D eigenvalue weighted by molar-refractivity contribution is -0.134. The van der Waals surface area contributed by atoms with Crippen LogP contribution in [0.1, 0.15) is 18.1 Å². The molecule has 24 heavy (non-hydrogen) atoms. The van der Waals surface area contributed by atoms with Crippen LogP contribution in [0.25, 0.3) is 6.08 Å². The van der Waals surface area contributed by atoms with E-state index in [2.05, 4.69) is 21.2 Å². The molecule has 124 valence electrons. The normalized spacial score (nSPS) is 11.0. The quantitative estimate of drug-likeness (QED) is 0.740. The number of carbonyl (C=O) groups is 2. The van der Waals surface area contributed by atoms with E-state index in [1.54, 1.807) is 24.3 Å². The molecule has 0 radical (unpaired) electrons. The molecular formula is C18H16BrNO4. The average molecular weight is 390 g/mol. The first kappa shape index (κ1) is 17.7. The van der Waals surface area contributed by atoms with Gasteiger partial charge >= 0.3 is 5.97 Å². The van der Waals surface area contributed by atoms with Crippen molar-refractivity contribution in [3.05, 3.63) is 69.8 Å². The molecule has 0 atom stereocenters. The topological polar surface area (TPSA) is 75.6 Å². The van der Waals surface area contributed by atoms with Gasteiger partial charge in [0.1, 0.15) is 18.1 Å². The predicted octanol–water partition coefficient (Wildman–Crippen LogP) is 3.59. The van der Waals surface area contributed by atoms with Crippen molar-refractivity contribution >= 4 is 33.9 Å². The second-order valence-electron chi connectivity index (χ2n) is 5.03. The molecule has 0 heterocycles. The van der Waals surface area contributed by atoms with Crippen LogP contribution in [-0.4, -0.2) is 17.0 Å². The lowest BCUT2D eigenvalue weighted by atomic mass is 10.2. The Balaban J connectivity index is 2.02. The van der Waals surface area contributed by atoms with Gasteiger partial charge < -0.3 is 15.2 Å². The molecule has 0 bridgehead atoms. The number of amides is 1. The minimum Gasteiger partial charge on any atom is -0.489 e. The monoisotopic (exact) mass is 389 g/mol. The van der Waals surface area contributed by atoms with E-state index in [-0.39, 0.29) is 5.70 Å². The van der Waals surface area contributed by atoms with Crippen molar-refractivity contribution in [3.8, 4) is 5.75 Å². The molecule has 0 aliphatic rings. The fourth-order valence-electron chi connectivity index (χ4n) is 1.92.